The van der Waals surface area contributed by atoms with Crippen molar-refractivity contribution in [2.45, 2.75) is 58.0 Å². The normalized spacial score (nSPS) is 11.9. The molecule has 0 heterocycles. The van der Waals surface area contributed by atoms with Gasteiger partial charge in [0.15, 0.2) is 0 Å². The second-order valence-electron chi connectivity index (χ2n) is 11.2. The molecule has 0 spiro atoms. The number of carbonyl (C=O) groups is 2. The maximum Gasteiger partial charge on any atom is 0.264 e. The molecule has 0 aliphatic rings. The van der Waals surface area contributed by atoms with E-state index in [2.05, 4.69) is 5.32 Å². The van der Waals surface area contributed by atoms with Crippen LogP contribution in [-0.2, 0) is 32.6 Å². The van der Waals surface area contributed by atoms with Crippen molar-refractivity contribution in [2.75, 3.05) is 17.4 Å². The molecule has 0 aliphatic heterocycles. The molecule has 1 N–H and O–H groups in total. The van der Waals surface area contributed by atoms with Crippen LogP contribution in [0.2, 0.25) is 0 Å². The Morgan fingerprint density at radius 1 is 0.844 bits per heavy atom. The van der Waals surface area contributed by atoms with Gasteiger partial charge in [0.1, 0.15) is 18.4 Å². The molecule has 0 unspecified atom stereocenters. The second kappa shape index (κ2) is 15.0. The molecule has 9 heteroatoms. The van der Waals surface area contributed by atoms with Gasteiger partial charge in [-0.1, -0.05) is 85.3 Å². The topological polar surface area (TPSA) is 86.8 Å². The zero-order valence-electron chi connectivity index (χ0n) is 26.2. The predicted molar refractivity (Wildman–Crippen MR) is 176 cm³/mol. The summed E-state index contributed by atoms with van der Waals surface area (Å²) in [4.78, 5) is 29.5. The van der Waals surface area contributed by atoms with E-state index < -0.39 is 40.2 Å². The van der Waals surface area contributed by atoms with Gasteiger partial charge in [-0.15, -0.1) is 0 Å². The molecule has 0 bridgehead atoms. The van der Waals surface area contributed by atoms with Crippen molar-refractivity contribution in [3.63, 3.8) is 0 Å². The molecule has 236 valence electrons. The van der Waals surface area contributed by atoms with Gasteiger partial charge < -0.3 is 10.2 Å². The molecule has 0 aliphatic carbocycles. The minimum Gasteiger partial charge on any atom is -0.354 e. The summed E-state index contributed by atoms with van der Waals surface area (Å²) in [6.45, 7) is 7.03. The smallest absolute Gasteiger partial charge is 0.264 e. The number of sulfonamides is 1. The highest BCUT2D eigenvalue weighted by molar-refractivity contribution is 7.92. The van der Waals surface area contributed by atoms with Gasteiger partial charge >= 0.3 is 0 Å². The number of halogens is 1. The highest BCUT2D eigenvalue weighted by atomic mass is 32.2. The van der Waals surface area contributed by atoms with E-state index in [9.17, 15) is 18.0 Å². The lowest BCUT2D eigenvalue weighted by Crippen LogP contribution is -2.53. The van der Waals surface area contributed by atoms with Crippen LogP contribution >= 0.6 is 0 Å². The third-order valence-corrected chi connectivity index (χ3v) is 9.63. The molecule has 45 heavy (non-hydrogen) atoms. The Morgan fingerprint density at radius 2 is 1.51 bits per heavy atom. The number of nitrogens with zero attached hydrogens (tertiary/aromatic N) is 2. The van der Waals surface area contributed by atoms with Crippen LogP contribution in [0.25, 0.3) is 0 Å². The molecule has 0 aromatic heterocycles. The highest BCUT2D eigenvalue weighted by Crippen LogP contribution is 2.29. The van der Waals surface area contributed by atoms with Gasteiger partial charge in [0, 0.05) is 25.1 Å². The first-order chi connectivity index (χ1) is 21.5. The van der Waals surface area contributed by atoms with E-state index in [-0.39, 0.29) is 23.4 Å². The fraction of sp³-hybridized carbons (Fsp3) is 0.278. The molecule has 1 atom stereocenters. The van der Waals surface area contributed by atoms with Gasteiger partial charge in [-0.2, -0.15) is 0 Å². The van der Waals surface area contributed by atoms with E-state index >= 15 is 4.39 Å². The lowest BCUT2D eigenvalue weighted by atomic mass is 10.0. The number of nitrogens with one attached hydrogen (secondary N) is 1. The Bertz CT molecular complexity index is 1730. The number of hydrogen-bond acceptors (Lipinski definition) is 4. The third kappa shape index (κ3) is 8.16. The van der Waals surface area contributed by atoms with E-state index in [1.165, 1.54) is 23.1 Å². The van der Waals surface area contributed by atoms with Crippen LogP contribution in [0.5, 0.6) is 0 Å². The van der Waals surface area contributed by atoms with Crippen LogP contribution in [-0.4, -0.2) is 44.3 Å². The Morgan fingerprint density at radius 3 is 2.18 bits per heavy atom. The monoisotopic (exact) mass is 629 g/mol. The Labute approximate surface area is 265 Å². The molecule has 7 nitrogen and oxygen atoms in total. The average Bonchev–Trinajstić information content (AvgIpc) is 3.03. The first kappa shape index (κ1) is 33.4. The first-order valence-electron chi connectivity index (χ1n) is 15.0. The number of amides is 2. The van der Waals surface area contributed by atoms with E-state index in [0.29, 0.717) is 24.2 Å². The van der Waals surface area contributed by atoms with Crippen molar-refractivity contribution in [1.82, 2.24) is 10.2 Å². The van der Waals surface area contributed by atoms with Gasteiger partial charge in [0.2, 0.25) is 11.8 Å². The zero-order valence-corrected chi connectivity index (χ0v) is 27.0. The van der Waals surface area contributed by atoms with Gasteiger partial charge in [0.25, 0.3) is 10.0 Å². The number of carbonyl (C=O) groups excluding carboxylic acids is 2. The maximum atomic E-state index is 15.0. The third-order valence-electron chi connectivity index (χ3n) is 7.85. The fourth-order valence-corrected chi connectivity index (χ4v) is 6.56. The van der Waals surface area contributed by atoms with Crippen LogP contribution in [0.15, 0.2) is 102 Å². The largest absolute Gasteiger partial charge is 0.354 e. The van der Waals surface area contributed by atoms with Crippen molar-refractivity contribution >= 4 is 27.5 Å². The van der Waals surface area contributed by atoms with Crippen molar-refractivity contribution in [3.05, 3.63) is 131 Å². The summed E-state index contributed by atoms with van der Waals surface area (Å²) in [6, 6.07) is 26.0. The lowest BCUT2D eigenvalue weighted by Gasteiger charge is -2.34. The highest BCUT2D eigenvalue weighted by Gasteiger charge is 2.35. The van der Waals surface area contributed by atoms with E-state index in [4.69, 9.17) is 0 Å². The minimum atomic E-state index is -4.23. The van der Waals surface area contributed by atoms with Crippen LogP contribution in [0.3, 0.4) is 0 Å². The summed E-state index contributed by atoms with van der Waals surface area (Å²) < 4.78 is 44.6. The second-order valence-corrected chi connectivity index (χ2v) is 13.0. The summed E-state index contributed by atoms with van der Waals surface area (Å²) >= 11 is 0. The van der Waals surface area contributed by atoms with Crippen LogP contribution < -0.4 is 9.62 Å². The summed E-state index contributed by atoms with van der Waals surface area (Å²) in [5.74, 6) is -1.56. The predicted octanol–water partition coefficient (Wildman–Crippen LogP) is 6.11. The standard InChI is InChI=1S/C36H40FN3O4S/c1-5-22-38-36(42)34(23-29-13-7-6-8-14-29)39(24-30-15-9-10-16-32(30)37)35(41)25-40(33-17-11-12-27(3)28(33)4)45(43,44)31-20-18-26(2)19-21-31/h6-21,34H,5,22-25H2,1-4H3,(H,38,42)/t34-/m0/s1. The molecular weight excluding hydrogens is 589 g/mol. The zero-order chi connectivity index (χ0) is 32.6. The molecular formula is C36H40FN3O4S. The van der Waals surface area contributed by atoms with E-state index in [1.54, 1.807) is 49.4 Å². The average molecular weight is 630 g/mol. The molecule has 4 rings (SSSR count). The maximum absolute atomic E-state index is 15.0. The van der Waals surface area contributed by atoms with E-state index in [1.807, 2.05) is 57.2 Å². The quantitative estimate of drug-likeness (QED) is 0.193. The molecule has 4 aromatic carbocycles. The SMILES string of the molecule is CCCNC(=O)[C@H](Cc1ccccc1)N(Cc1ccccc1F)C(=O)CN(c1cccc(C)c1C)S(=O)(=O)c1ccc(C)cc1. The van der Waals surface area contributed by atoms with Crippen molar-refractivity contribution in [1.29, 1.82) is 0 Å². The summed E-state index contributed by atoms with van der Waals surface area (Å²) in [5, 5.41) is 2.89. The fourth-order valence-electron chi connectivity index (χ4n) is 5.09. The minimum absolute atomic E-state index is 0.0315. The number of hydrogen-bond donors (Lipinski definition) is 1. The van der Waals surface area contributed by atoms with Crippen molar-refractivity contribution in [2.24, 2.45) is 0 Å². The van der Waals surface area contributed by atoms with Crippen molar-refractivity contribution < 1.29 is 22.4 Å². The molecule has 4 aromatic rings. The summed E-state index contributed by atoms with van der Waals surface area (Å²) in [7, 11) is -4.23. The van der Waals surface area contributed by atoms with Crippen LogP contribution in [0.4, 0.5) is 10.1 Å². The van der Waals surface area contributed by atoms with Gasteiger partial charge in [0.05, 0.1) is 10.6 Å². The van der Waals surface area contributed by atoms with Gasteiger partial charge in [-0.3, -0.25) is 13.9 Å². The lowest BCUT2D eigenvalue weighted by molar-refractivity contribution is -0.140. The van der Waals surface area contributed by atoms with Gasteiger partial charge in [-0.05, 0) is 68.1 Å². The van der Waals surface area contributed by atoms with Crippen LogP contribution in [0.1, 0.15) is 41.2 Å². The number of rotatable bonds is 13. The van der Waals surface area contributed by atoms with E-state index in [0.717, 1.165) is 21.0 Å². The van der Waals surface area contributed by atoms with Gasteiger partial charge in [-0.25, -0.2) is 12.8 Å². The van der Waals surface area contributed by atoms with Crippen molar-refractivity contribution in [3.8, 4) is 0 Å². The number of benzene rings is 4. The Balaban J connectivity index is 1.83. The first-order valence-corrected chi connectivity index (χ1v) is 16.5. The molecule has 0 radical (unpaired) electrons. The molecule has 0 saturated carbocycles. The molecule has 2 amide bonds. The molecule has 0 saturated heterocycles. The molecule has 0 fully saturated rings. The number of aryl methyl sites for hydroxylation is 2. The Hall–Kier alpha value is -4.50. The Kier molecular flexibility index (Phi) is 11.1. The van der Waals surface area contributed by atoms with Crippen LogP contribution in [0, 0.1) is 26.6 Å². The summed E-state index contributed by atoms with van der Waals surface area (Å²) in [6.07, 6.45) is 0.838. The summed E-state index contributed by atoms with van der Waals surface area (Å²) in [5.41, 5.74) is 3.81. The number of anilines is 1.